The Morgan fingerprint density at radius 3 is 2.31 bits per heavy atom. The van der Waals surface area contributed by atoms with Crippen molar-refractivity contribution in [3.05, 3.63) is 34.3 Å². The lowest BCUT2D eigenvalue weighted by Crippen LogP contribution is -2.01. The Hall–Kier alpha value is -0.0100. The summed E-state index contributed by atoms with van der Waals surface area (Å²) >= 11 is 9.70. The van der Waals surface area contributed by atoms with Crippen LogP contribution in [-0.4, -0.2) is 0 Å². The number of benzene rings is 1. The van der Waals surface area contributed by atoms with Gasteiger partial charge in [-0.1, -0.05) is 48.3 Å². The normalized spacial score (nSPS) is 15.4. The van der Waals surface area contributed by atoms with Crippen molar-refractivity contribution >= 4 is 27.5 Å². The Balaban J connectivity index is 2.77. The minimum atomic E-state index is 0.137. The van der Waals surface area contributed by atoms with Crippen LogP contribution in [0, 0.1) is 5.92 Å². The summed E-state index contributed by atoms with van der Waals surface area (Å²) in [6, 6.07) is 8.22. The number of alkyl halides is 1. The van der Waals surface area contributed by atoms with E-state index in [4.69, 9.17) is 11.6 Å². The molecule has 0 spiro atoms. The van der Waals surface area contributed by atoms with Crippen molar-refractivity contribution < 1.29 is 0 Å². The average molecular weight is 262 g/mol. The van der Waals surface area contributed by atoms with Crippen LogP contribution in [0.25, 0.3) is 0 Å². The first-order valence-corrected chi connectivity index (χ1v) is 5.77. The Kier molecular flexibility index (Phi) is 4.27. The van der Waals surface area contributed by atoms with Crippen molar-refractivity contribution in [2.75, 3.05) is 0 Å². The van der Waals surface area contributed by atoms with Crippen molar-refractivity contribution in [2.24, 2.45) is 5.92 Å². The van der Waals surface area contributed by atoms with Gasteiger partial charge in [0.05, 0.1) is 5.38 Å². The van der Waals surface area contributed by atoms with Crippen molar-refractivity contribution in [2.45, 2.75) is 25.6 Å². The lowest BCUT2D eigenvalue weighted by molar-refractivity contribution is 0.542. The standard InChI is InChI=1S/C11H14BrCl/c1-3-8(2)11(13)9-4-6-10(12)7-5-9/h4-8,11H,3H2,1-2H3. The number of halogens is 2. The van der Waals surface area contributed by atoms with Gasteiger partial charge in [-0.15, -0.1) is 11.6 Å². The molecule has 0 amide bonds. The minimum absolute atomic E-state index is 0.137. The average Bonchev–Trinajstić information content (AvgIpc) is 2.17. The third-order valence-corrected chi connectivity index (χ3v) is 3.54. The summed E-state index contributed by atoms with van der Waals surface area (Å²) in [5.74, 6) is 0.530. The van der Waals surface area contributed by atoms with Gasteiger partial charge in [-0.3, -0.25) is 0 Å². The molecule has 0 fully saturated rings. The molecule has 2 atom stereocenters. The molecule has 72 valence electrons. The van der Waals surface area contributed by atoms with E-state index in [2.05, 4.69) is 41.9 Å². The number of rotatable bonds is 3. The Morgan fingerprint density at radius 2 is 1.85 bits per heavy atom. The smallest absolute Gasteiger partial charge is 0.0610 e. The highest BCUT2D eigenvalue weighted by Gasteiger charge is 2.14. The molecule has 1 aromatic rings. The SMILES string of the molecule is CCC(C)C(Cl)c1ccc(Br)cc1. The van der Waals surface area contributed by atoms with Gasteiger partial charge in [0.1, 0.15) is 0 Å². The molecule has 0 aliphatic carbocycles. The van der Waals surface area contributed by atoms with Crippen molar-refractivity contribution in [3.63, 3.8) is 0 Å². The van der Waals surface area contributed by atoms with Crippen LogP contribution in [0.4, 0.5) is 0 Å². The van der Waals surface area contributed by atoms with Crippen LogP contribution in [0.1, 0.15) is 31.2 Å². The van der Waals surface area contributed by atoms with Crippen molar-refractivity contribution in [1.29, 1.82) is 0 Å². The number of hydrogen-bond donors (Lipinski definition) is 0. The molecule has 0 nitrogen and oxygen atoms in total. The number of hydrogen-bond acceptors (Lipinski definition) is 0. The highest BCUT2D eigenvalue weighted by atomic mass is 79.9. The van der Waals surface area contributed by atoms with Crippen LogP contribution < -0.4 is 0 Å². The van der Waals surface area contributed by atoms with E-state index in [1.165, 1.54) is 5.56 Å². The molecule has 0 heterocycles. The lowest BCUT2D eigenvalue weighted by atomic mass is 9.98. The fourth-order valence-corrected chi connectivity index (χ4v) is 1.77. The predicted molar refractivity (Wildman–Crippen MR) is 62.2 cm³/mol. The van der Waals surface area contributed by atoms with E-state index in [0.29, 0.717) is 5.92 Å². The topological polar surface area (TPSA) is 0 Å². The molecule has 2 unspecified atom stereocenters. The molecule has 0 saturated carbocycles. The van der Waals surface area contributed by atoms with Crippen LogP contribution >= 0.6 is 27.5 Å². The van der Waals surface area contributed by atoms with Crippen LogP contribution in [0.3, 0.4) is 0 Å². The van der Waals surface area contributed by atoms with E-state index in [0.717, 1.165) is 10.9 Å². The predicted octanol–water partition coefficient (Wildman–Crippen LogP) is 4.78. The summed E-state index contributed by atoms with van der Waals surface area (Å²) in [6.45, 7) is 4.35. The van der Waals surface area contributed by atoms with Crippen LogP contribution in [0.15, 0.2) is 28.7 Å². The van der Waals surface area contributed by atoms with Gasteiger partial charge >= 0.3 is 0 Å². The Bertz CT molecular complexity index is 255. The lowest BCUT2D eigenvalue weighted by Gasteiger charge is -2.16. The second-order valence-corrected chi connectivity index (χ2v) is 4.72. The molecular formula is C11H14BrCl. The summed E-state index contributed by atoms with van der Waals surface area (Å²) in [6.07, 6.45) is 1.12. The second-order valence-electron chi connectivity index (χ2n) is 3.34. The van der Waals surface area contributed by atoms with E-state index >= 15 is 0 Å². The third-order valence-electron chi connectivity index (χ3n) is 2.33. The molecule has 1 aromatic carbocycles. The van der Waals surface area contributed by atoms with Gasteiger partial charge in [0.25, 0.3) is 0 Å². The zero-order valence-electron chi connectivity index (χ0n) is 7.93. The minimum Gasteiger partial charge on any atom is -0.118 e. The molecule has 0 aliphatic heterocycles. The van der Waals surface area contributed by atoms with Crippen LogP contribution in [0.5, 0.6) is 0 Å². The molecule has 0 bridgehead atoms. The summed E-state index contributed by atoms with van der Waals surface area (Å²) in [4.78, 5) is 0. The van der Waals surface area contributed by atoms with Crippen LogP contribution in [0.2, 0.25) is 0 Å². The van der Waals surface area contributed by atoms with E-state index in [1.54, 1.807) is 0 Å². The maximum Gasteiger partial charge on any atom is 0.0610 e. The zero-order valence-corrected chi connectivity index (χ0v) is 10.3. The summed E-state index contributed by atoms with van der Waals surface area (Å²) in [7, 11) is 0. The molecule has 0 radical (unpaired) electrons. The summed E-state index contributed by atoms with van der Waals surface area (Å²) < 4.78 is 1.10. The highest BCUT2D eigenvalue weighted by Crippen LogP contribution is 2.31. The van der Waals surface area contributed by atoms with Crippen molar-refractivity contribution in [1.82, 2.24) is 0 Å². The molecule has 2 heteroatoms. The molecular weight excluding hydrogens is 247 g/mol. The Labute approximate surface area is 93.4 Å². The van der Waals surface area contributed by atoms with Gasteiger partial charge in [-0.25, -0.2) is 0 Å². The molecule has 0 saturated heterocycles. The molecule has 0 aromatic heterocycles. The molecule has 13 heavy (non-hydrogen) atoms. The van der Waals surface area contributed by atoms with Gasteiger partial charge in [0, 0.05) is 4.47 Å². The van der Waals surface area contributed by atoms with E-state index in [9.17, 15) is 0 Å². The summed E-state index contributed by atoms with van der Waals surface area (Å²) in [5.41, 5.74) is 1.21. The van der Waals surface area contributed by atoms with Gasteiger partial charge in [0.15, 0.2) is 0 Å². The van der Waals surface area contributed by atoms with E-state index in [-0.39, 0.29) is 5.38 Å². The van der Waals surface area contributed by atoms with E-state index in [1.807, 2.05) is 12.1 Å². The fourth-order valence-electron chi connectivity index (χ4n) is 1.18. The Morgan fingerprint density at radius 1 is 1.31 bits per heavy atom. The van der Waals surface area contributed by atoms with Gasteiger partial charge in [0.2, 0.25) is 0 Å². The molecule has 0 aliphatic rings. The van der Waals surface area contributed by atoms with Crippen molar-refractivity contribution in [3.8, 4) is 0 Å². The molecule has 0 N–H and O–H groups in total. The first-order valence-electron chi connectivity index (χ1n) is 4.54. The molecule has 1 rings (SSSR count). The highest BCUT2D eigenvalue weighted by molar-refractivity contribution is 9.10. The fraction of sp³-hybridized carbons (Fsp3) is 0.455. The largest absolute Gasteiger partial charge is 0.118 e. The maximum absolute atomic E-state index is 6.29. The van der Waals surface area contributed by atoms with E-state index < -0.39 is 0 Å². The monoisotopic (exact) mass is 260 g/mol. The summed E-state index contributed by atoms with van der Waals surface area (Å²) in [5, 5.41) is 0.137. The second kappa shape index (κ2) is 5.02. The maximum atomic E-state index is 6.29. The van der Waals surface area contributed by atoms with Crippen LogP contribution in [-0.2, 0) is 0 Å². The van der Waals surface area contributed by atoms with Gasteiger partial charge in [-0.05, 0) is 23.6 Å². The quantitative estimate of drug-likeness (QED) is 0.687. The third kappa shape index (κ3) is 2.99. The van der Waals surface area contributed by atoms with Gasteiger partial charge < -0.3 is 0 Å². The zero-order chi connectivity index (χ0) is 9.84. The van der Waals surface area contributed by atoms with Gasteiger partial charge in [-0.2, -0.15) is 0 Å². The first kappa shape index (κ1) is 11.1. The first-order chi connectivity index (χ1) is 6.15.